The number of terminal acetylenes is 1. The Morgan fingerprint density at radius 1 is 1.26 bits per heavy atom. The van der Waals surface area contributed by atoms with E-state index in [1.54, 1.807) is 0 Å². The number of hydrogen-bond donors (Lipinski definition) is 0. The quantitative estimate of drug-likeness (QED) is 0.448. The van der Waals surface area contributed by atoms with Gasteiger partial charge in [0.1, 0.15) is 0 Å². The van der Waals surface area contributed by atoms with Crippen molar-refractivity contribution < 1.29 is 0 Å². The molecule has 19 heavy (non-hydrogen) atoms. The Morgan fingerprint density at radius 3 is 2.47 bits per heavy atom. The van der Waals surface area contributed by atoms with E-state index in [-0.39, 0.29) is 0 Å². The third-order valence-corrected chi connectivity index (χ3v) is 13.4. The van der Waals surface area contributed by atoms with Crippen LogP contribution in [0.15, 0.2) is 23.1 Å². The highest BCUT2D eigenvalue weighted by Gasteiger charge is 2.41. The monoisotopic (exact) mass is 328 g/mol. The van der Waals surface area contributed by atoms with Crippen LogP contribution in [-0.4, -0.2) is 34.9 Å². The van der Waals surface area contributed by atoms with Crippen molar-refractivity contribution in [2.24, 2.45) is 0 Å². The number of rotatable bonds is 3. The summed E-state index contributed by atoms with van der Waals surface area (Å²) in [6, 6.07) is 6.60. The largest absolute Gasteiger partial charge is 0.166 e. The fraction of sp³-hybridized carbons (Fsp3) is 0.467. The van der Waals surface area contributed by atoms with Crippen LogP contribution in [0, 0.1) is 12.3 Å². The normalized spacial score (nSPS) is 27.9. The minimum atomic E-state index is -0.822. The molecule has 0 nitrogen and oxygen atoms in total. The Hall–Kier alpha value is 0.180. The van der Waals surface area contributed by atoms with Gasteiger partial charge in [-0.25, -0.2) is 0 Å². The van der Waals surface area contributed by atoms with Crippen molar-refractivity contribution in [1.29, 1.82) is 0 Å². The molecule has 0 radical (unpaired) electrons. The summed E-state index contributed by atoms with van der Waals surface area (Å²) in [5.74, 6) is 4.05. The molecule has 104 valence electrons. The molecule has 0 amide bonds. The molecule has 0 bridgehead atoms. The van der Waals surface area contributed by atoms with Crippen LogP contribution in [0.4, 0.5) is 0 Å². The number of benzene rings is 1. The molecule has 1 aromatic rings. The van der Waals surface area contributed by atoms with Gasteiger partial charge in [-0.05, 0) is 49.1 Å². The molecule has 0 spiro atoms. The Bertz CT molecular complexity index is 513. The van der Waals surface area contributed by atoms with Crippen LogP contribution in [-0.2, 0) is 6.42 Å². The summed E-state index contributed by atoms with van der Waals surface area (Å²) < 4.78 is 0.331. The molecule has 0 saturated heterocycles. The van der Waals surface area contributed by atoms with Crippen LogP contribution in [0.3, 0.4) is 0 Å². The lowest BCUT2D eigenvalue weighted by Gasteiger charge is -2.48. The van der Waals surface area contributed by atoms with E-state index in [1.165, 1.54) is 16.2 Å². The van der Waals surface area contributed by atoms with E-state index in [2.05, 4.69) is 49.1 Å². The lowest BCUT2D eigenvalue weighted by atomic mass is 10.1. The summed E-state index contributed by atoms with van der Waals surface area (Å²) in [6.45, 7) is 0. The van der Waals surface area contributed by atoms with E-state index in [0.717, 1.165) is 12.0 Å². The molecule has 0 fully saturated rings. The lowest BCUT2D eigenvalue weighted by Crippen LogP contribution is -2.34. The van der Waals surface area contributed by atoms with Gasteiger partial charge >= 0.3 is 0 Å². The van der Waals surface area contributed by atoms with Gasteiger partial charge in [0, 0.05) is 16.2 Å². The predicted molar refractivity (Wildman–Crippen MR) is 98.0 cm³/mol. The topological polar surface area (TPSA) is 0 Å². The summed E-state index contributed by atoms with van der Waals surface area (Å²) in [6.07, 6.45) is 15.9. The fourth-order valence-corrected chi connectivity index (χ4v) is 11.0. The smallest absolute Gasteiger partial charge is 0.0731 e. The Morgan fingerprint density at radius 2 is 1.95 bits per heavy atom. The molecule has 0 aromatic heterocycles. The van der Waals surface area contributed by atoms with E-state index in [9.17, 15) is 0 Å². The van der Waals surface area contributed by atoms with Crippen molar-refractivity contribution in [1.82, 2.24) is 0 Å². The maximum Gasteiger partial charge on any atom is 0.0731 e. The van der Waals surface area contributed by atoms with Gasteiger partial charge in [-0.15, -0.1) is 40.7 Å². The van der Waals surface area contributed by atoms with Crippen molar-refractivity contribution >= 4 is 43.4 Å². The van der Waals surface area contributed by atoms with Crippen molar-refractivity contribution in [3.05, 3.63) is 29.3 Å². The van der Waals surface area contributed by atoms with Crippen molar-refractivity contribution in [2.45, 2.75) is 15.4 Å². The molecular formula is C15H20S4. The second-order valence-electron chi connectivity index (χ2n) is 4.78. The van der Waals surface area contributed by atoms with Crippen LogP contribution >= 0.6 is 43.4 Å². The van der Waals surface area contributed by atoms with Gasteiger partial charge in [0.2, 0.25) is 0 Å². The van der Waals surface area contributed by atoms with Crippen LogP contribution in [0.1, 0.15) is 11.1 Å². The Kier molecular flexibility index (Phi) is 4.83. The van der Waals surface area contributed by atoms with Crippen molar-refractivity contribution in [2.75, 3.05) is 30.8 Å². The van der Waals surface area contributed by atoms with Crippen molar-refractivity contribution in [3.63, 3.8) is 0 Å². The lowest BCUT2D eigenvalue weighted by molar-refractivity contribution is 0.852. The minimum absolute atomic E-state index is 0.331. The first-order chi connectivity index (χ1) is 9.02. The number of fused-ring (bicyclic) bond motifs is 1. The first kappa shape index (κ1) is 15.6. The molecule has 1 atom stereocenters. The standard InChI is InChI=1S/C15H20S4/c1-6-12-7-8-13-10-15(16-2,17-3)11-19(5,18-4)14(13)9-12/h1,7-9H,10-11H2,2-5H3. The summed E-state index contributed by atoms with van der Waals surface area (Å²) >= 11 is 4.03. The molecule has 4 heteroatoms. The SMILES string of the molecule is C#Cc1ccc2c(c1)S(C)(SC)CC(SC)(SC)C2. The van der Waals surface area contributed by atoms with Crippen LogP contribution < -0.4 is 0 Å². The van der Waals surface area contributed by atoms with Gasteiger partial charge in [0.15, 0.2) is 0 Å². The predicted octanol–water partition coefficient (Wildman–Crippen LogP) is 4.72. The van der Waals surface area contributed by atoms with Gasteiger partial charge in [0.25, 0.3) is 0 Å². The van der Waals surface area contributed by atoms with Gasteiger partial charge in [0.05, 0.1) is 4.08 Å². The average Bonchev–Trinajstić information content (AvgIpc) is 2.46. The second kappa shape index (κ2) is 5.89. The van der Waals surface area contributed by atoms with Crippen LogP contribution in [0.25, 0.3) is 0 Å². The van der Waals surface area contributed by atoms with E-state index in [4.69, 9.17) is 6.42 Å². The van der Waals surface area contributed by atoms with E-state index in [1.807, 2.05) is 34.3 Å². The first-order valence-corrected chi connectivity index (χ1v) is 12.4. The third kappa shape index (κ3) is 2.81. The molecular weight excluding hydrogens is 308 g/mol. The highest BCUT2D eigenvalue weighted by atomic mass is 33.2. The molecule has 1 aromatic carbocycles. The molecule has 0 N–H and O–H groups in total. The molecule has 2 rings (SSSR count). The van der Waals surface area contributed by atoms with Gasteiger partial charge in [-0.3, -0.25) is 0 Å². The molecule has 1 aliphatic heterocycles. The minimum Gasteiger partial charge on any atom is -0.166 e. The first-order valence-electron chi connectivity index (χ1n) is 6.04. The molecule has 0 aliphatic carbocycles. The van der Waals surface area contributed by atoms with Gasteiger partial charge in [-0.1, -0.05) is 12.0 Å². The zero-order valence-corrected chi connectivity index (χ0v) is 15.1. The van der Waals surface area contributed by atoms with E-state index < -0.39 is 9.06 Å². The Balaban J connectivity index is 2.56. The molecule has 1 heterocycles. The molecule has 0 saturated carbocycles. The summed E-state index contributed by atoms with van der Waals surface area (Å²) in [4.78, 5) is 1.52. The average molecular weight is 329 g/mol. The summed E-state index contributed by atoms with van der Waals surface area (Å²) in [5.41, 5.74) is 2.52. The van der Waals surface area contributed by atoms with Gasteiger partial charge < -0.3 is 0 Å². The zero-order chi connectivity index (χ0) is 14.1. The highest BCUT2D eigenvalue weighted by molar-refractivity contribution is 8.94. The third-order valence-electron chi connectivity index (χ3n) is 3.77. The van der Waals surface area contributed by atoms with Gasteiger partial charge in [-0.2, -0.15) is 9.06 Å². The fourth-order valence-electron chi connectivity index (χ4n) is 2.53. The Labute approximate surface area is 131 Å². The summed E-state index contributed by atoms with van der Waals surface area (Å²) in [5, 5.41) is 0. The summed E-state index contributed by atoms with van der Waals surface area (Å²) in [7, 11) is 1.21. The van der Waals surface area contributed by atoms with E-state index in [0.29, 0.717) is 4.08 Å². The highest BCUT2D eigenvalue weighted by Crippen LogP contribution is 2.69. The molecule has 1 unspecified atom stereocenters. The van der Waals surface area contributed by atoms with E-state index >= 15 is 0 Å². The number of thioether (sulfide) groups is 2. The number of hydrogen-bond acceptors (Lipinski definition) is 3. The second-order valence-corrected chi connectivity index (χ2v) is 13.7. The van der Waals surface area contributed by atoms with Crippen LogP contribution in [0.5, 0.6) is 0 Å². The maximum atomic E-state index is 5.56. The zero-order valence-electron chi connectivity index (χ0n) is 11.9. The molecule has 1 aliphatic rings. The van der Waals surface area contributed by atoms with Crippen molar-refractivity contribution in [3.8, 4) is 12.3 Å². The van der Waals surface area contributed by atoms with Crippen LogP contribution in [0.2, 0.25) is 0 Å². The maximum absolute atomic E-state index is 5.56.